The van der Waals surface area contributed by atoms with Gasteiger partial charge in [-0.05, 0) is 17.7 Å². The summed E-state index contributed by atoms with van der Waals surface area (Å²) in [4.78, 5) is 0. The molecule has 0 aromatic heterocycles. The molecule has 0 amide bonds. The fourth-order valence-electron chi connectivity index (χ4n) is 1.11. The molecule has 0 atom stereocenters. The van der Waals surface area contributed by atoms with Crippen LogP contribution in [0.5, 0.6) is 0 Å². The van der Waals surface area contributed by atoms with Crippen molar-refractivity contribution >= 4 is 17.2 Å². The maximum Gasteiger partial charge on any atom is 0.123 e. The lowest BCUT2D eigenvalue weighted by molar-refractivity contribution is 0.349. The van der Waals surface area contributed by atoms with Gasteiger partial charge in [0.25, 0.3) is 0 Å². The lowest BCUT2D eigenvalue weighted by atomic mass is 10.1. The molecule has 4 heteroatoms. The highest BCUT2D eigenvalue weighted by atomic mass is 35.5. The number of nitrogens with two attached hydrogens (primary N) is 1. The molecule has 0 aliphatic carbocycles. The van der Waals surface area contributed by atoms with Gasteiger partial charge in [-0.2, -0.15) is 0 Å². The third-order valence-corrected chi connectivity index (χ3v) is 2.24. The van der Waals surface area contributed by atoms with Crippen molar-refractivity contribution in [2.75, 3.05) is 13.2 Å². The highest BCUT2D eigenvalue weighted by Gasteiger charge is 2.05. The van der Waals surface area contributed by atoms with Crippen LogP contribution in [0.4, 0.5) is 4.39 Å². The standard InChI is InChI=1S/C10H11ClFNO/c11-10(5-13)9(6-14)7-1-3-8(12)4-2-7/h1-4,14H,5-6,13H2/b10-9-. The Balaban J connectivity index is 3.08. The number of hydrogen-bond acceptors (Lipinski definition) is 2. The first kappa shape index (κ1) is 11.2. The maximum atomic E-state index is 12.6. The second-order valence-electron chi connectivity index (χ2n) is 2.75. The van der Waals surface area contributed by atoms with Gasteiger partial charge >= 0.3 is 0 Å². The van der Waals surface area contributed by atoms with E-state index in [9.17, 15) is 4.39 Å². The van der Waals surface area contributed by atoms with Gasteiger partial charge in [0.05, 0.1) is 6.61 Å². The van der Waals surface area contributed by atoms with Crippen LogP contribution in [-0.2, 0) is 0 Å². The minimum absolute atomic E-state index is 0.162. The summed E-state index contributed by atoms with van der Waals surface area (Å²) in [6.45, 7) is -0.0451. The fourth-order valence-corrected chi connectivity index (χ4v) is 1.28. The van der Waals surface area contributed by atoms with E-state index in [-0.39, 0.29) is 19.0 Å². The highest BCUT2D eigenvalue weighted by molar-refractivity contribution is 6.33. The molecule has 0 radical (unpaired) electrons. The van der Waals surface area contributed by atoms with Crippen molar-refractivity contribution in [3.8, 4) is 0 Å². The first-order chi connectivity index (χ1) is 6.69. The van der Waals surface area contributed by atoms with Crippen molar-refractivity contribution in [1.29, 1.82) is 0 Å². The molecule has 14 heavy (non-hydrogen) atoms. The van der Waals surface area contributed by atoms with Crippen LogP contribution in [0.1, 0.15) is 5.56 Å². The lowest BCUT2D eigenvalue weighted by Crippen LogP contribution is -2.03. The molecule has 3 N–H and O–H groups in total. The quantitative estimate of drug-likeness (QED) is 0.807. The first-order valence-corrected chi connectivity index (χ1v) is 4.51. The SMILES string of the molecule is NC/C(Cl)=C(\CO)c1ccc(F)cc1. The Hall–Kier alpha value is -0.900. The number of benzene rings is 1. The van der Waals surface area contributed by atoms with E-state index in [0.29, 0.717) is 16.2 Å². The van der Waals surface area contributed by atoms with Crippen LogP contribution in [0.3, 0.4) is 0 Å². The van der Waals surface area contributed by atoms with Crippen LogP contribution in [0.15, 0.2) is 29.3 Å². The van der Waals surface area contributed by atoms with Gasteiger partial charge in [-0.25, -0.2) is 4.39 Å². The van der Waals surface area contributed by atoms with E-state index in [0.717, 1.165) is 0 Å². The normalized spacial score (nSPS) is 12.6. The Kier molecular flexibility index (Phi) is 4.07. The van der Waals surface area contributed by atoms with Crippen LogP contribution in [-0.4, -0.2) is 18.3 Å². The van der Waals surface area contributed by atoms with E-state index in [2.05, 4.69) is 0 Å². The second-order valence-corrected chi connectivity index (χ2v) is 3.21. The summed E-state index contributed by atoms with van der Waals surface area (Å²) in [6.07, 6.45) is 0. The third kappa shape index (κ3) is 2.54. The molecule has 0 aliphatic rings. The van der Waals surface area contributed by atoms with Gasteiger partial charge in [0, 0.05) is 17.2 Å². The Bertz CT molecular complexity index is 334. The predicted molar refractivity (Wildman–Crippen MR) is 55.3 cm³/mol. The van der Waals surface area contributed by atoms with Crippen molar-refractivity contribution in [2.45, 2.75) is 0 Å². The summed E-state index contributed by atoms with van der Waals surface area (Å²) >= 11 is 5.81. The van der Waals surface area contributed by atoms with E-state index >= 15 is 0 Å². The van der Waals surface area contributed by atoms with Gasteiger partial charge < -0.3 is 10.8 Å². The van der Waals surface area contributed by atoms with E-state index in [4.69, 9.17) is 22.4 Å². The molecule has 0 unspecified atom stereocenters. The number of rotatable bonds is 3. The molecule has 0 saturated carbocycles. The minimum atomic E-state index is -0.324. The summed E-state index contributed by atoms with van der Waals surface area (Å²) in [5.41, 5.74) is 6.56. The summed E-state index contributed by atoms with van der Waals surface area (Å²) in [5.74, 6) is -0.324. The highest BCUT2D eigenvalue weighted by Crippen LogP contribution is 2.20. The summed E-state index contributed by atoms with van der Waals surface area (Å²) < 4.78 is 12.6. The number of aliphatic hydroxyl groups excluding tert-OH is 1. The Morgan fingerprint density at radius 3 is 2.36 bits per heavy atom. The summed E-state index contributed by atoms with van der Waals surface area (Å²) in [7, 11) is 0. The van der Waals surface area contributed by atoms with E-state index in [1.165, 1.54) is 12.1 Å². The van der Waals surface area contributed by atoms with Crippen molar-refractivity contribution in [2.24, 2.45) is 5.73 Å². The second kappa shape index (κ2) is 5.10. The Morgan fingerprint density at radius 1 is 1.36 bits per heavy atom. The third-order valence-electron chi connectivity index (χ3n) is 1.86. The van der Waals surface area contributed by atoms with E-state index in [1.807, 2.05) is 0 Å². The van der Waals surface area contributed by atoms with E-state index in [1.54, 1.807) is 12.1 Å². The van der Waals surface area contributed by atoms with Crippen molar-refractivity contribution in [3.63, 3.8) is 0 Å². The van der Waals surface area contributed by atoms with Gasteiger partial charge in [0.15, 0.2) is 0 Å². The number of halogens is 2. The number of aliphatic hydroxyl groups is 1. The summed E-state index contributed by atoms with van der Waals surface area (Å²) in [5, 5.41) is 9.45. The molecule has 0 saturated heterocycles. The van der Waals surface area contributed by atoms with Crippen LogP contribution in [0, 0.1) is 5.82 Å². The van der Waals surface area contributed by atoms with Gasteiger partial charge in [0.1, 0.15) is 5.82 Å². The zero-order valence-corrected chi connectivity index (χ0v) is 8.26. The average Bonchev–Trinajstić information content (AvgIpc) is 2.21. The van der Waals surface area contributed by atoms with Crippen LogP contribution in [0.2, 0.25) is 0 Å². The van der Waals surface area contributed by atoms with Gasteiger partial charge in [-0.15, -0.1) is 0 Å². The van der Waals surface area contributed by atoms with Crippen LogP contribution < -0.4 is 5.73 Å². The largest absolute Gasteiger partial charge is 0.392 e. The molecule has 1 aromatic carbocycles. The molecule has 0 aliphatic heterocycles. The zero-order chi connectivity index (χ0) is 10.6. The van der Waals surface area contributed by atoms with Gasteiger partial charge in [0.2, 0.25) is 0 Å². The van der Waals surface area contributed by atoms with Gasteiger partial charge in [-0.3, -0.25) is 0 Å². The Morgan fingerprint density at radius 2 is 1.93 bits per heavy atom. The maximum absolute atomic E-state index is 12.6. The lowest BCUT2D eigenvalue weighted by Gasteiger charge is -2.06. The van der Waals surface area contributed by atoms with Gasteiger partial charge in [-0.1, -0.05) is 23.7 Å². The monoisotopic (exact) mass is 215 g/mol. The molecule has 2 nitrogen and oxygen atoms in total. The molecular weight excluding hydrogens is 205 g/mol. The molecular formula is C10H11ClFNO. The molecule has 0 spiro atoms. The predicted octanol–water partition coefficient (Wildman–Crippen LogP) is 1.73. The van der Waals surface area contributed by atoms with Crippen molar-refractivity contribution in [1.82, 2.24) is 0 Å². The zero-order valence-electron chi connectivity index (χ0n) is 7.50. The minimum Gasteiger partial charge on any atom is -0.392 e. The average molecular weight is 216 g/mol. The van der Waals surface area contributed by atoms with Crippen molar-refractivity contribution < 1.29 is 9.50 Å². The van der Waals surface area contributed by atoms with Crippen LogP contribution >= 0.6 is 11.6 Å². The molecule has 76 valence electrons. The van der Waals surface area contributed by atoms with Crippen molar-refractivity contribution in [3.05, 3.63) is 40.7 Å². The molecule has 1 rings (SSSR count). The number of hydrogen-bond donors (Lipinski definition) is 2. The fraction of sp³-hybridized carbons (Fsp3) is 0.200. The Labute approximate surface area is 86.8 Å². The smallest absolute Gasteiger partial charge is 0.123 e. The first-order valence-electron chi connectivity index (χ1n) is 4.13. The molecule has 0 heterocycles. The topological polar surface area (TPSA) is 46.2 Å². The van der Waals surface area contributed by atoms with Crippen LogP contribution in [0.25, 0.3) is 5.57 Å². The molecule has 0 fully saturated rings. The summed E-state index contributed by atoms with van der Waals surface area (Å²) in [6, 6.07) is 5.73. The molecule has 0 bridgehead atoms. The molecule has 1 aromatic rings. The van der Waals surface area contributed by atoms with E-state index < -0.39 is 0 Å².